The average molecular weight is 303 g/mol. The maximum absolute atomic E-state index is 11.5. The number of rotatable bonds is 11. The maximum Gasteiger partial charge on any atom is 0.500 e. The summed E-state index contributed by atoms with van der Waals surface area (Å²) in [5, 5.41) is 0. The van der Waals surface area contributed by atoms with Crippen molar-refractivity contribution in [1.82, 2.24) is 4.90 Å². The second kappa shape index (κ2) is 9.49. The standard InChI is InChI=1S/C14H29NO4Si/c1-4-17-20(18-5-2,19-6-3)13-8-7-11-15-12-9-10-14(15)16/h4-13H2,1-3H3. The zero-order valence-corrected chi connectivity index (χ0v) is 14.2. The lowest BCUT2D eigenvalue weighted by molar-refractivity contribution is -0.127. The molecule has 0 aromatic heterocycles. The van der Waals surface area contributed by atoms with Crippen molar-refractivity contribution < 1.29 is 18.1 Å². The zero-order chi connectivity index (χ0) is 14.8. The number of nitrogens with zero attached hydrogens (tertiary/aromatic N) is 1. The predicted octanol–water partition coefficient (Wildman–Crippen LogP) is 2.44. The van der Waals surface area contributed by atoms with Gasteiger partial charge in [0.1, 0.15) is 0 Å². The molecule has 1 amide bonds. The van der Waals surface area contributed by atoms with Crippen LogP contribution in [0.3, 0.4) is 0 Å². The van der Waals surface area contributed by atoms with Crippen LogP contribution in [0.4, 0.5) is 0 Å². The van der Waals surface area contributed by atoms with Crippen LogP contribution in [-0.4, -0.2) is 52.5 Å². The van der Waals surface area contributed by atoms with E-state index in [2.05, 4.69) is 0 Å². The van der Waals surface area contributed by atoms with Gasteiger partial charge in [-0.2, -0.15) is 0 Å². The number of unbranched alkanes of at least 4 members (excludes halogenated alkanes) is 1. The number of hydrogen-bond acceptors (Lipinski definition) is 4. The first-order valence-electron chi connectivity index (χ1n) is 7.87. The van der Waals surface area contributed by atoms with Crippen molar-refractivity contribution in [1.29, 1.82) is 0 Å². The van der Waals surface area contributed by atoms with Crippen molar-refractivity contribution in [2.45, 2.75) is 52.5 Å². The number of carbonyl (C=O) groups excluding carboxylic acids is 1. The molecule has 118 valence electrons. The van der Waals surface area contributed by atoms with Crippen LogP contribution in [0.15, 0.2) is 0 Å². The maximum atomic E-state index is 11.5. The summed E-state index contributed by atoms with van der Waals surface area (Å²) in [5.74, 6) is 0.299. The topological polar surface area (TPSA) is 48.0 Å². The van der Waals surface area contributed by atoms with Gasteiger partial charge in [0.25, 0.3) is 0 Å². The second-order valence-corrected chi connectivity index (χ2v) is 7.66. The van der Waals surface area contributed by atoms with Crippen LogP contribution in [-0.2, 0) is 18.1 Å². The molecule has 0 aliphatic carbocycles. The Morgan fingerprint density at radius 2 is 1.65 bits per heavy atom. The fourth-order valence-corrected chi connectivity index (χ4v) is 5.27. The Morgan fingerprint density at radius 3 is 2.10 bits per heavy atom. The molecule has 0 bridgehead atoms. The van der Waals surface area contributed by atoms with Gasteiger partial charge < -0.3 is 18.2 Å². The fraction of sp³-hybridized carbons (Fsp3) is 0.929. The lowest BCUT2D eigenvalue weighted by Gasteiger charge is -2.28. The van der Waals surface area contributed by atoms with E-state index in [4.69, 9.17) is 13.3 Å². The minimum Gasteiger partial charge on any atom is -0.374 e. The lowest BCUT2D eigenvalue weighted by atomic mass is 10.3. The van der Waals surface area contributed by atoms with Crippen LogP contribution in [0.25, 0.3) is 0 Å². The van der Waals surface area contributed by atoms with E-state index in [1.54, 1.807) is 0 Å². The molecule has 6 heteroatoms. The Balaban J connectivity index is 2.34. The molecule has 0 atom stereocenters. The molecular formula is C14H29NO4Si. The van der Waals surface area contributed by atoms with Gasteiger partial charge in [0.05, 0.1) is 0 Å². The van der Waals surface area contributed by atoms with Crippen molar-refractivity contribution >= 4 is 14.7 Å². The molecule has 1 rings (SSSR count). The van der Waals surface area contributed by atoms with E-state index in [9.17, 15) is 4.79 Å². The van der Waals surface area contributed by atoms with E-state index in [0.29, 0.717) is 25.7 Å². The van der Waals surface area contributed by atoms with E-state index in [1.807, 2.05) is 25.7 Å². The minimum atomic E-state index is -2.49. The second-order valence-electron chi connectivity index (χ2n) is 4.92. The summed E-state index contributed by atoms with van der Waals surface area (Å²) in [6.07, 6.45) is 3.70. The highest BCUT2D eigenvalue weighted by Crippen LogP contribution is 2.20. The highest BCUT2D eigenvalue weighted by atomic mass is 28.4. The van der Waals surface area contributed by atoms with E-state index in [0.717, 1.165) is 44.8 Å². The SMILES string of the molecule is CCO[Si](CCCCN1CCCC1=O)(OCC)OCC. The van der Waals surface area contributed by atoms with E-state index < -0.39 is 8.80 Å². The van der Waals surface area contributed by atoms with E-state index in [1.165, 1.54) is 0 Å². The molecule has 1 fully saturated rings. The summed E-state index contributed by atoms with van der Waals surface area (Å²) >= 11 is 0. The number of likely N-dealkylation sites (tertiary alicyclic amines) is 1. The van der Waals surface area contributed by atoms with Gasteiger partial charge in [-0.05, 0) is 40.0 Å². The summed E-state index contributed by atoms with van der Waals surface area (Å²) in [6, 6.07) is 0.838. The minimum absolute atomic E-state index is 0.299. The predicted molar refractivity (Wildman–Crippen MR) is 80.5 cm³/mol. The zero-order valence-electron chi connectivity index (χ0n) is 13.2. The van der Waals surface area contributed by atoms with E-state index >= 15 is 0 Å². The molecule has 0 saturated carbocycles. The average Bonchev–Trinajstić information content (AvgIpc) is 2.81. The summed E-state index contributed by atoms with van der Waals surface area (Å²) in [7, 11) is -2.49. The van der Waals surface area contributed by atoms with Gasteiger partial charge in [-0.1, -0.05) is 0 Å². The monoisotopic (exact) mass is 303 g/mol. The normalized spacial score (nSPS) is 16.1. The van der Waals surface area contributed by atoms with Crippen molar-refractivity contribution in [2.24, 2.45) is 0 Å². The van der Waals surface area contributed by atoms with Crippen LogP contribution >= 0.6 is 0 Å². The van der Waals surface area contributed by atoms with Crippen molar-refractivity contribution in [3.05, 3.63) is 0 Å². The molecule has 20 heavy (non-hydrogen) atoms. The van der Waals surface area contributed by atoms with E-state index in [-0.39, 0.29) is 0 Å². The Hall–Kier alpha value is -0.433. The van der Waals surface area contributed by atoms with Crippen molar-refractivity contribution in [3.8, 4) is 0 Å². The van der Waals surface area contributed by atoms with Gasteiger partial charge in [-0.3, -0.25) is 4.79 Å². The first kappa shape index (κ1) is 17.6. The van der Waals surface area contributed by atoms with Gasteiger partial charge in [0, 0.05) is 45.4 Å². The van der Waals surface area contributed by atoms with Crippen LogP contribution in [0.5, 0.6) is 0 Å². The van der Waals surface area contributed by atoms with Crippen LogP contribution in [0.2, 0.25) is 6.04 Å². The summed E-state index contributed by atoms with van der Waals surface area (Å²) < 4.78 is 17.5. The fourth-order valence-electron chi connectivity index (χ4n) is 2.59. The Morgan fingerprint density at radius 1 is 1.05 bits per heavy atom. The Kier molecular flexibility index (Phi) is 8.36. The van der Waals surface area contributed by atoms with Crippen LogP contribution in [0, 0.1) is 0 Å². The molecule has 0 aromatic carbocycles. The van der Waals surface area contributed by atoms with Gasteiger partial charge in [-0.15, -0.1) is 0 Å². The van der Waals surface area contributed by atoms with Gasteiger partial charge in [-0.25, -0.2) is 0 Å². The number of carbonyl (C=O) groups is 1. The highest BCUT2D eigenvalue weighted by Gasteiger charge is 2.39. The highest BCUT2D eigenvalue weighted by molar-refractivity contribution is 6.60. The Bertz CT molecular complexity index is 271. The summed E-state index contributed by atoms with van der Waals surface area (Å²) in [6.45, 7) is 9.57. The summed E-state index contributed by atoms with van der Waals surface area (Å²) in [4.78, 5) is 13.5. The molecule has 1 saturated heterocycles. The van der Waals surface area contributed by atoms with Gasteiger partial charge in [0.2, 0.25) is 5.91 Å². The smallest absolute Gasteiger partial charge is 0.374 e. The molecule has 0 spiro atoms. The number of hydrogen-bond donors (Lipinski definition) is 0. The third-order valence-corrected chi connectivity index (χ3v) is 6.58. The molecular weight excluding hydrogens is 274 g/mol. The van der Waals surface area contributed by atoms with Crippen molar-refractivity contribution in [2.75, 3.05) is 32.9 Å². The third-order valence-electron chi connectivity index (χ3n) is 3.43. The molecule has 1 aliphatic rings. The third kappa shape index (κ3) is 5.52. The molecule has 0 N–H and O–H groups in total. The van der Waals surface area contributed by atoms with Crippen LogP contribution < -0.4 is 0 Å². The van der Waals surface area contributed by atoms with Gasteiger partial charge >= 0.3 is 8.80 Å². The molecule has 0 radical (unpaired) electrons. The first-order valence-corrected chi connectivity index (χ1v) is 9.80. The molecule has 1 heterocycles. The quantitative estimate of drug-likeness (QED) is 0.434. The summed E-state index contributed by atoms with van der Waals surface area (Å²) in [5.41, 5.74) is 0. The Labute approximate surface area is 123 Å². The largest absolute Gasteiger partial charge is 0.500 e. The number of amides is 1. The molecule has 1 aliphatic heterocycles. The molecule has 0 aromatic rings. The van der Waals surface area contributed by atoms with Gasteiger partial charge in [0.15, 0.2) is 0 Å². The van der Waals surface area contributed by atoms with Crippen LogP contribution in [0.1, 0.15) is 46.5 Å². The molecule has 0 unspecified atom stereocenters. The first-order chi connectivity index (χ1) is 9.67. The van der Waals surface area contributed by atoms with Crippen molar-refractivity contribution in [3.63, 3.8) is 0 Å². The lowest BCUT2D eigenvalue weighted by Crippen LogP contribution is -2.46. The molecule has 5 nitrogen and oxygen atoms in total.